The predicted molar refractivity (Wildman–Crippen MR) is 116 cm³/mol. The van der Waals surface area contributed by atoms with Gasteiger partial charge < -0.3 is 4.90 Å². The number of hydrogen-bond donors (Lipinski definition) is 0. The molecule has 0 fully saturated rings. The van der Waals surface area contributed by atoms with Crippen molar-refractivity contribution in [1.29, 1.82) is 0 Å². The SMILES string of the molecule is CN(C)C.Cc1c2ccccc2c(C)c2cc(-c3ccccc3)ccc12. The molecule has 132 valence electrons. The van der Waals surface area contributed by atoms with Gasteiger partial charge in [0.05, 0.1) is 0 Å². The van der Waals surface area contributed by atoms with E-state index in [-0.39, 0.29) is 0 Å². The molecule has 0 atom stereocenters. The molecule has 0 heterocycles. The van der Waals surface area contributed by atoms with E-state index in [2.05, 4.69) is 86.6 Å². The van der Waals surface area contributed by atoms with Crippen LogP contribution in [0.1, 0.15) is 11.1 Å². The third-order valence-corrected chi connectivity index (χ3v) is 4.67. The first kappa shape index (κ1) is 18.2. The Morgan fingerprint density at radius 1 is 0.500 bits per heavy atom. The predicted octanol–water partition coefficient (Wildman–Crippen LogP) is 6.45. The van der Waals surface area contributed by atoms with Crippen molar-refractivity contribution in [2.75, 3.05) is 21.1 Å². The Morgan fingerprint density at radius 2 is 0.962 bits per heavy atom. The maximum atomic E-state index is 2.33. The van der Waals surface area contributed by atoms with Gasteiger partial charge in [0.1, 0.15) is 0 Å². The highest BCUT2D eigenvalue weighted by Crippen LogP contribution is 2.34. The second-order valence-corrected chi connectivity index (χ2v) is 7.26. The summed E-state index contributed by atoms with van der Waals surface area (Å²) in [5.41, 5.74) is 5.30. The lowest BCUT2D eigenvalue weighted by atomic mass is 9.91. The standard InChI is InChI=1S/C22H18.C3H9N/c1-15-19-10-6-7-11-20(19)16(2)22-14-18(12-13-21(15)22)17-8-4-3-5-9-17;1-4(2)3/h3-14H,1-2H3;1-3H3. The quantitative estimate of drug-likeness (QED) is 0.359. The van der Waals surface area contributed by atoms with Gasteiger partial charge >= 0.3 is 0 Å². The summed E-state index contributed by atoms with van der Waals surface area (Å²) in [6, 6.07) is 26.1. The Morgan fingerprint density at radius 3 is 1.54 bits per heavy atom. The van der Waals surface area contributed by atoms with Crippen LogP contribution in [0.3, 0.4) is 0 Å². The second-order valence-electron chi connectivity index (χ2n) is 7.26. The molecule has 26 heavy (non-hydrogen) atoms. The number of benzene rings is 4. The number of rotatable bonds is 1. The molecule has 0 amide bonds. The molecular weight excluding hydrogens is 314 g/mol. The van der Waals surface area contributed by atoms with Crippen molar-refractivity contribution in [1.82, 2.24) is 4.90 Å². The zero-order chi connectivity index (χ0) is 18.7. The van der Waals surface area contributed by atoms with Gasteiger partial charge in [-0.15, -0.1) is 0 Å². The molecule has 0 aliphatic rings. The van der Waals surface area contributed by atoms with E-state index in [9.17, 15) is 0 Å². The lowest BCUT2D eigenvalue weighted by Crippen LogP contribution is -1.99. The summed E-state index contributed by atoms with van der Waals surface area (Å²) >= 11 is 0. The third-order valence-electron chi connectivity index (χ3n) is 4.67. The first-order valence-electron chi connectivity index (χ1n) is 9.07. The second kappa shape index (κ2) is 7.72. The van der Waals surface area contributed by atoms with Gasteiger partial charge in [-0.2, -0.15) is 0 Å². The molecule has 0 unspecified atom stereocenters. The molecular formula is C25H27N. The van der Waals surface area contributed by atoms with Gasteiger partial charge in [0.2, 0.25) is 0 Å². The molecule has 0 aromatic heterocycles. The topological polar surface area (TPSA) is 3.24 Å². The molecule has 4 aromatic rings. The summed E-state index contributed by atoms with van der Waals surface area (Å²) in [5.74, 6) is 0. The molecule has 0 saturated carbocycles. The Kier molecular flexibility index (Phi) is 5.39. The minimum absolute atomic E-state index is 1.27. The number of aryl methyl sites for hydroxylation is 2. The Hall–Kier alpha value is -2.64. The van der Waals surface area contributed by atoms with Crippen LogP contribution in [0, 0.1) is 13.8 Å². The molecule has 0 aliphatic heterocycles. The normalized spacial score (nSPS) is 10.8. The fraction of sp³-hybridized carbons (Fsp3) is 0.200. The number of fused-ring (bicyclic) bond motifs is 2. The van der Waals surface area contributed by atoms with Gasteiger partial charge in [0.25, 0.3) is 0 Å². The van der Waals surface area contributed by atoms with Crippen LogP contribution >= 0.6 is 0 Å². The Bertz CT molecular complexity index is 1030. The molecule has 0 spiro atoms. The number of nitrogens with zero attached hydrogens (tertiary/aromatic N) is 1. The highest BCUT2D eigenvalue weighted by molar-refractivity contribution is 6.06. The zero-order valence-electron chi connectivity index (χ0n) is 16.4. The van der Waals surface area contributed by atoms with Crippen molar-refractivity contribution in [2.24, 2.45) is 0 Å². The van der Waals surface area contributed by atoms with E-state index in [1.165, 1.54) is 43.8 Å². The minimum atomic E-state index is 1.27. The third kappa shape index (κ3) is 3.63. The first-order chi connectivity index (χ1) is 12.5. The van der Waals surface area contributed by atoms with E-state index in [0.29, 0.717) is 0 Å². The van der Waals surface area contributed by atoms with Gasteiger partial charge in [0.15, 0.2) is 0 Å². The lowest BCUT2D eigenvalue weighted by molar-refractivity contribution is 0.505. The fourth-order valence-corrected chi connectivity index (χ4v) is 3.42. The number of hydrogen-bond acceptors (Lipinski definition) is 1. The van der Waals surface area contributed by atoms with Crippen LogP contribution in [-0.2, 0) is 0 Å². The van der Waals surface area contributed by atoms with Crippen molar-refractivity contribution in [3.63, 3.8) is 0 Å². The van der Waals surface area contributed by atoms with Gasteiger partial charge in [0, 0.05) is 0 Å². The smallest absolute Gasteiger partial charge is 0.0139 e. The molecule has 4 rings (SSSR count). The highest BCUT2D eigenvalue weighted by atomic mass is 15.0. The van der Waals surface area contributed by atoms with Crippen LogP contribution in [0.25, 0.3) is 32.7 Å². The van der Waals surface area contributed by atoms with Crippen LogP contribution in [0.5, 0.6) is 0 Å². The van der Waals surface area contributed by atoms with E-state index in [0.717, 1.165) is 0 Å². The summed E-state index contributed by atoms with van der Waals surface area (Å²) in [6.45, 7) is 4.46. The zero-order valence-corrected chi connectivity index (χ0v) is 16.4. The summed E-state index contributed by atoms with van der Waals surface area (Å²) in [7, 11) is 6.00. The molecule has 1 heteroatoms. The first-order valence-corrected chi connectivity index (χ1v) is 9.07. The maximum absolute atomic E-state index is 2.33. The molecule has 0 radical (unpaired) electrons. The molecule has 1 nitrogen and oxygen atoms in total. The largest absolute Gasteiger partial charge is 0.312 e. The summed E-state index contributed by atoms with van der Waals surface area (Å²) in [4.78, 5) is 2.00. The summed E-state index contributed by atoms with van der Waals surface area (Å²) < 4.78 is 0. The molecule has 0 aliphatic carbocycles. The maximum Gasteiger partial charge on any atom is -0.0139 e. The Balaban J connectivity index is 0.000000447. The van der Waals surface area contributed by atoms with Gasteiger partial charge in [-0.1, -0.05) is 66.7 Å². The van der Waals surface area contributed by atoms with E-state index in [1.807, 2.05) is 26.0 Å². The summed E-state index contributed by atoms with van der Waals surface area (Å²) in [5, 5.41) is 5.44. The average molecular weight is 341 g/mol. The molecule has 4 aromatic carbocycles. The molecule has 0 N–H and O–H groups in total. The van der Waals surface area contributed by atoms with Gasteiger partial charge in [-0.05, 0) is 84.9 Å². The van der Waals surface area contributed by atoms with E-state index >= 15 is 0 Å². The van der Waals surface area contributed by atoms with Crippen LogP contribution in [0.15, 0.2) is 72.8 Å². The van der Waals surface area contributed by atoms with Crippen LogP contribution in [0.2, 0.25) is 0 Å². The molecule has 0 bridgehead atoms. The van der Waals surface area contributed by atoms with Crippen LogP contribution < -0.4 is 0 Å². The van der Waals surface area contributed by atoms with Gasteiger partial charge in [-0.25, -0.2) is 0 Å². The van der Waals surface area contributed by atoms with Crippen molar-refractivity contribution >= 4 is 21.5 Å². The van der Waals surface area contributed by atoms with Crippen LogP contribution in [-0.4, -0.2) is 26.0 Å². The van der Waals surface area contributed by atoms with Gasteiger partial charge in [-0.3, -0.25) is 0 Å². The lowest BCUT2D eigenvalue weighted by Gasteiger charge is -2.13. The average Bonchev–Trinajstić information content (AvgIpc) is 2.66. The minimum Gasteiger partial charge on any atom is -0.312 e. The van der Waals surface area contributed by atoms with E-state index in [1.54, 1.807) is 0 Å². The summed E-state index contributed by atoms with van der Waals surface area (Å²) in [6.07, 6.45) is 0. The van der Waals surface area contributed by atoms with Crippen molar-refractivity contribution in [3.05, 3.63) is 83.9 Å². The monoisotopic (exact) mass is 341 g/mol. The fourth-order valence-electron chi connectivity index (χ4n) is 3.42. The molecule has 0 saturated heterocycles. The van der Waals surface area contributed by atoms with Crippen molar-refractivity contribution < 1.29 is 0 Å². The van der Waals surface area contributed by atoms with E-state index < -0.39 is 0 Å². The van der Waals surface area contributed by atoms with Crippen LogP contribution in [0.4, 0.5) is 0 Å². The highest BCUT2D eigenvalue weighted by Gasteiger charge is 2.09. The van der Waals surface area contributed by atoms with Crippen molar-refractivity contribution in [2.45, 2.75) is 13.8 Å². The Labute approximate surface area is 156 Å². The van der Waals surface area contributed by atoms with E-state index in [4.69, 9.17) is 0 Å². The van der Waals surface area contributed by atoms with Crippen molar-refractivity contribution in [3.8, 4) is 11.1 Å².